The van der Waals surface area contributed by atoms with E-state index in [1.807, 2.05) is 12.1 Å². The Bertz CT molecular complexity index is 911. The topological polar surface area (TPSA) is 49.8 Å². The van der Waals surface area contributed by atoms with Crippen LogP contribution in [0.25, 0.3) is 11.1 Å². The van der Waals surface area contributed by atoms with Crippen molar-refractivity contribution in [3.63, 3.8) is 0 Å². The van der Waals surface area contributed by atoms with Crippen molar-refractivity contribution in [3.05, 3.63) is 59.9 Å². The molecule has 0 aliphatic carbocycles. The lowest BCUT2D eigenvalue weighted by Crippen LogP contribution is -2.46. The lowest BCUT2D eigenvalue weighted by Gasteiger charge is -2.39. The highest BCUT2D eigenvalue weighted by molar-refractivity contribution is 5.65. The molecule has 2 aliphatic heterocycles. The number of rotatable bonds is 2. The lowest BCUT2D eigenvalue weighted by atomic mass is 9.75. The van der Waals surface area contributed by atoms with Crippen LogP contribution in [0.1, 0.15) is 51.5 Å². The number of carbonyl (C=O) groups is 1. The van der Waals surface area contributed by atoms with Gasteiger partial charge in [0, 0.05) is 19.0 Å². The fourth-order valence-electron chi connectivity index (χ4n) is 5.00. The number of halogens is 1. The fraction of sp³-hybridized carbons (Fsp3) is 0.480. The highest BCUT2D eigenvalue weighted by Gasteiger charge is 2.51. The van der Waals surface area contributed by atoms with Crippen molar-refractivity contribution < 1.29 is 19.0 Å². The molecular weight excluding hydrogens is 381 g/mol. The predicted molar refractivity (Wildman–Crippen MR) is 115 cm³/mol. The highest BCUT2D eigenvalue weighted by atomic mass is 19.1. The molecule has 0 radical (unpaired) electrons. The van der Waals surface area contributed by atoms with Crippen LogP contribution in [0.5, 0.6) is 0 Å². The summed E-state index contributed by atoms with van der Waals surface area (Å²) in [5, 5.41) is 9.30. The summed E-state index contributed by atoms with van der Waals surface area (Å²) in [5.41, 5.74) is 3.00. The van der Waals surface area contributed by atoms with Gasteiger partial charge in [-0.3, -0.25) is 0 Å². The highest BCUT2D eigenvalue weighted by Crippen LogP contribution is 2.51. The zero-order valence-electron chi connectivity index (χ0n) is 17.9. The summed E-state index contributed by atoms with van der Waals surface area (Å²) in [4.78, 5) is 12.8. The third kappa shape index (κ3) is 4.08. The Balaban J connectivity index is 1.63. The lowest BCUT2D eigenvalue weighted by molar-refractivity contribution is -0.105. The van der Waals surface area contributed by atoms with Crippen molar-refractivity contribution in [3.8, 4) is 11.1 Å². The standard InChI is InChI=1S/C25H30FNO3/c1-24(2,3)22-21(16-25(30-22)11-13-27(14-12-25)23(28)29)19-6-4-5-18(15-19)17-7-9-20(26)10-8-17/h4-10,15,21-22H,11-14,16H2,1-3H3,(H,28,29)/t21-,22?/m1/s1. The molecule has 5 heteroatoms. The number of carboxylic acid groups (broad SMARTS) is 1. The van der Waals surface area contributed by atoms with Crippen molar-refractivity contribution in [2.45, 2.75) is 57.7 Å². The van der Waals surface area contributed by atoms with Gasteiger partial charge in [0.05, 0.1) is 11.7 Å². The summed E-state index contributed by atoms with van der Waals surface area (Å²) in [6.45, 7) is 7.67. The average Bonchev–Trinajstić information content (AvgIpc) is 3.09. The third-order valence-corrected chi connectivity index (χ3v) is 6.63. The molecule has 2 aromatic rings. The Kier molecular flexibility index (Phi) is 5.35. The summed E-state index contributed by atoms with van der Waals surface area (Å²) < 4.78 is 20.1. The van der Waals surface area contributed by atoms with Gasteiger partial charge in [0.2, 0.25) is 0 Å². The average molecular weight is 412 g/mol. The molecule has 1 amide bonds. The monoisotopic (exact) mass is 411 g/mol. The van der Waals surface area contributed by atoms with E-state index in [4.69, 9.17) is 4.74 Å². The summed E-state index contributed by atoms with van der Waals surface area (Å²) in [5.74, 6) is 0.00307. The number of benzene rings is 2. The van der Waals surface area contributed by atoms with Gasteiger partial charge >= 0.3 is 6.09 Å². The molecule has 1 spiro atoms. The van der Waals surface area contributed by atoms with Crippen molar-refractivity contribution in [2.24, 2.45) is 5.41 Å². The molecule has 4 nitrogen and oxygen atoms in total. The van der Waals surface area contributed by atoms with E-state index in [1.165, 1.54) is 22.6 Å². The molecule has 4 rings (SSSR count). The van der Waals surface area contributed by atoms with Crippen LogP contribution in [0.4, 0.5) is 9.18 Å². The molecule has 2 heterocycles. The maximum absolute atomic E-state index is 13.3. The molecule has 2 saturated heterocycles. The minimum Gasteiger partial charge on any atom is -0.465 e. The van der Waals surface area contributed by atoms with Crippen LogP contribution in [0.2, 0.25) is 0 Å². The number of piperidine rings is 1. The molecule has 1 N–H and O–H groups in total. The number of hydrogen-bond donors (Lipinski definition) is 1. The fourth-order valence-corrected chi connectivity index (χ4v) is 5.00. The molecule has 30 heavy (non-hydrogen) atoms. The Morgan fingerprint density at radius 3 is 2.37 bits per heavy atom. The number of amides is 1. The molecule has 1 unspecified atom stereocenters. The largest absolute Gasteiger partial charge is 0.465 e. The first-order valence-corrected chi connectivity index (χ1v) is 10.7. The predicted octanol–water partition coefficient (Wildman–Crippen LogP) is 5.92. The number of likely N-dealkylation sites (tertiary alicyclic amines) is 1. The quantitative estimate of drug-likeness (QED) is 0.667. The molecule has 2 aromatic carbocycles. The second-order valence-electron chi connectivity index (χ2n) is 9.80. The van der Waals surface area contributed by atoms with Gasteiger partial charge in [-0.1, -0.05) is 57.2 Å². The zero-order valence-corrected chi connectivity index (χ0v) is 17.9. The minimum atomic E-state index is -0.848. The molecular formula is C25H30FNO3. The molecule has 160 valence electrons. The van der Waals surface area contributed by atoms with Gasteiger partial charge in [-0.2, -0.15) is 0 Å². The normalized spacial score (nSPS) is 23.7. The second kappa shape index (κ2) is 7.69. The number of nitrogens with zero attached hydrogens (tertiary/aromatic N) is 1. The van der Waals surface area contributed by atoms with E-state index >= 15 is 0 Å². The molecule has 2 atom stereocenters. The third-order valence-electron chi connectivity index (χ3n) is 6.63. The van der Waals surface area contributed by atoms with E-state index in [2.05, 4.69) is 45.0 Å². The van der Waals surface area contributed by atoms with Gasteiger partial charge in [-0.05, 0) is 53.5 Å². The molecule has 2 aliphatic rings. The van der Waals surface area contributed by atoms with Crippen LogP contribution in [0, 0.1) is 11.2 Å². The summed E-state index contributed by atoms with van der Waals surface area (Å²) in [6.07, 6.45) is 1.58. The van der Waals surface area contributed by atoms with E-state index in [0.29, 0.717) is 13.1 Å². The molecule has 0 bridgehead atoms. The first-order valence-electron chi connectivity index (χ1n) is 10.7. The van der Waals surface area contributed by atoms with E-state index in [0.717, 1.165) is 30.4 Å². The maximum atomic E-state index is 13.3. The Labute approximate surface area is 177 Å². The van der Waals surface area contributed by atoms with Crippen molar-refractivity contribution in [1.29, 1.82) is 0 Å². The summed E-state index contributed by atoms with van der Waals surface area (Å²) in [6, 6.07) is 15.1. The Morgan fingerprint density at radius 2 is 1.77 bits per heavy atom. The molecule has 0 saturated carbocycles. The Morgan fingerprint density at radius 1 is 1.10 bits per heavy atom. The Hall–Kier alpha value is -2.40. The van der Waals surface area contributed by atoms with Crippen LogP contribution < -0.4 is 0 Å². The smallest absolute Gasteiger partial charge is 0.407 e. The van der Waals surface area contributed by atoms with Gasteiger partial charge < -0.3 is 14.7 Å². The molecule has 0 aromatic heterocycles. The van der Waals surface area contributed by atoms with E-state index in [9.17, 15) is 14.3 Å². The van der Waals surface area contributed by atoms with E-state index in [1.54, 1.807) is 0 Å². The van der Waals surface area contributed by atoms with E-state index in [-0.39, 0.29) is 28.9 Å². The van der Waals surface area contributed by atoms with Gasteiger partial charge in [0.25, 0.3) is 0 Å². The maximum Gasteiger partial charge on any atom is 0.407 e. The number of ether oxygens (including phenoxy) is 1. The van der Waals surface area contributed by atoms with Crippen molar-refractivity contribution in [1.82, 2.24) is 4.90 Å². The summed E-state index contributed by atoms with van der Waals surface area (Å²) in [7, 11) is 0. The number of hydrogen-bond acceptors (Lipinski definition) is 2. The van der Waals surface area contributed by atoms with Crippen LogP contribution in [-0.4, -0.2) is 40.9 Å². The van der Waals surface area contributed by atoms with Crippen LogP contribution in [-0.2, 0) is 4.74 Å². The second-order valence-corrected chi connectivity index (χ2v) is 9.80. The first kappa shape index (κ1) is 20.9. The van der Waals surface area contributed by atoms with E-state index < -0.39 is 6.09 Å². The first-order chi connectivity index (χ1) is 14.2. The van der Waals surface area contributed by atoms with Crippen LogP contribution in [0.15, 0.2) is 48.5 Å². The van der Waals surface area contributed by atoms with Crippen molar-refractivity contribution in [2.75, 3.05) is 13.1 Å². The van der Waals surface area contributed by atoms with Gasteiger partial charge in [-0.25, -0.2) is 9.18 Å². The van der Waals surface area contributed by atoms with Crippen molar-refractivity contribution >= 4 is 6.09 Å². The SMILES string of the molecule is CC(C)(C)C1OC2(CCN(C(=O)O)CC2)C[C@@H]1c1cccc(-c2ccc(F)cc2)c1. The minimum absolute atomic E-state index is 0.0377. The van der Waals surface area contributed by atoms with Gasteiger partial charge in [0.1, 0.15) is 5.82 Å². The van der Waals surface area contributed by atoms with Crippen LogP contribution >= 0.6 is 0 Å². The van der Waals surface area contributed by atoms with Gasteiger partial charge in [-0.15, -0.1) is 0 Å². The molecule has 2 fully saturated rings. The van der Waals surface area contributed by atoms with Crippen LogP contribution in [0.3, 0.4) is 0 Å². The van der Waals surface area contributed by atoms with Gasteiger partial charge in [0.15, 0.2) is 0 Å². The summed E-state index contributed by atoms with van der Waals surface area (Å²) >= 11 is 0. The zero-order chi connectivity index (χ0) is 21.5.